The lowest BCUT2D eigenvalue weighted by Gasteiger charge is -2.30. The molecule has 2 aliphatic rings. The molecule has 7 heteroatoms. The second kappa shape index (κ2) is 8.59. The van der Waals surface area contributed by atoms with Gasteiger partial charge in [0.25, 0.3) is 0 Å². The van der Waals surface area contributed by atoms with Crippen molar-refractivity contribution in [3.63, 3.8) is 0 Å². The second-order valence-corrected chi connectivity index (χ2v) is 7.97. The number of hydrogen-bond acceptors (Lipinski definition) is 4. The van der Waals surface area contributed by atoms with Gasteiger partial charge in [-0.2, -0.15) is 0 Å². The van der Waals surface area contributed by atoms with Crippen molar-refractivity contribution in [1.82, 2.24) is 24.7 Å². The Balaban J connectivity index is 1.54. The Morgan fingerprint density at radius 1 is 1.18 bits per heavy atom. The molecule has 0 bridgehead atoms. The number of pyridine rings is 1. The quantitative estimate of drug-likeness (QED) is 0.753. The van der Waals surface area contributed by atoms with Crippen LogP contribution in [0.4, 0.5) is 0 Å². The Morgan fingerprint density at radius 2 is 2.00 bits per heavy atom. The number of morpholine rings is 1. The first-order chi connectivity index (χ1) is 13.6. The molecule has 0 amide bonds. The topological polar surface area (TPSA) is 45.6 Å². The van der Waals surface area contributed by atoms with E-state index in [9.17, 15) is 0 Å². The van der Waals surface area contributed by atoms with E-state index in [4.69, 9.17) is 17.0 Å². The largest absolute Gasteiger partial charge is 0.379 e. The maximum atomic E-state index is 5.76. The van der Waals surface area contributed by atoms with Crippen LogP contribution in [-0.2, 0) is 11.8 Å². The van der Waals surface area contributed by atoms with Gasteiger partial charge in [-0.05, 0) is 49.8 Å². The van der Waals surface area contributed by atoms with Gasteiger partial charge in [-0.15, -0.1) is 0 Å². The van der Waals surface area contributed by atoms with Crippen LogP contribution in [-0.4, -0.2) is 63.9 Å². The molecule has 0 saturated carbocycles. The zero-order valence-electron chi connectivity index (χ0n) is 16.7. The Bertz CT molecular complexity index is 802. The highest BCUT2D eigenvalue weighted by Crippen LogP contribution is 2.38. The van der Waals surface area contributed by atoms with Crippen LogP contribution in [0, 0.1) is 6.92 Å². The smallest absolute Gasteiger partial charge is 0.170 e. The number of thiocarbonyl (C=S) groups is 1. The summed E-state index contributed by atoms with van der Waals surface area (Å²) in [6, 6.07) is 10.7. The zero-order valence-corrected chi connectivity index (χ0v) is 17.5. The van der Waals surface area contributed by atoms with Crippen molar-refractivity contribution >= 4 is 17.3 Å². The van der Waals surface area contributed by atoms with E-state index in [0.29, 0.717) is 0 Å². The molecule has 0 spiro atoms. The first kappa shape index (κ1) is 19.4. The number of rotatable bonds is 6. The van der Waals surface area contributed by atoms with E-state index in [2.05, 4.69) is 56.8 Å². The maximum Gasteiger partial charge on any atom is 0.170 e. The summed E-state index contributed by atoms with van der Waals surface area (Å²) in [5.41, 5.74) is 3.55. The van der Waals surface area contributed by atoms with Crippen LogP contribution in [0.5, 0.6) is 0 Å². The molecule has 28 heavy (non-hydrogen) atoms. The average Bonchev–Trinajstić information content (AvgIpc) is 3.23. The number of nitrogens with zero attached hydrogens (tertiary/aromatic N) is 4. The number of aromatic nitrogens is 2. The molecular formula is C21H29N5OS. The third-order valence-electron chi connectivity index (χ3n) is 5.89. The van der Waals surface area contributed by atoms with Gasteiger partial charge >= 0.3 is 0 Å². The summed E-state index contributed by atoms with van der Waals surface area (Å²) in [5, 5.41) is 4.36. The van der Waals surface area contributed by atoms with Gasteiger partial charge in [0.15, 0.2) is 5.11 Å². The Hall–Kier alpha value is -1.96. The summed E-state index contributed by atoms with van der Waals surface area (Å²) in [5.74, 6) is 0. The minimum atomic E-state index is 0.0603. The monoisotopic (exact) mass is 399 g/mol. The zero-order chi connectivity index (χ0) is 19.5. The molecule has 0 aliphatic carbocycles. The van der Waals surface area contributed by atoms with Crippen molar-refractivity contribution in [3.8, 4) is 0 Å². The van der Waals surface area contributed by atoms with Gasteiger partial charge in [0.2, 0.25) is 0 Å². The van der Waals surface area contributed by atoms with Gasteiger partial charge in [0.1, 0.15) is 0 Å². The van der Waals surface area contributed by atoms with Crippen LogP contribution >= 0.6 is 12.2 Å². The normalized spacial score (nSPS) is 23.2. The fourth-order valence-electron chi connectivity index (χ4n) is 4.19. The lowest BCUT2D eigenvalue weighted by molar-refractivity contribution is 0.0365. The third-order valence-corrected chi connectivity index (χ3v) is 6.24. The molecule has 2 aromatic rings. The van der Waals surface area contributed by atoms with Gasteiger partial charge in [0.05, 0.1) is 31.0 Å². The van der Waals surface area contributed by atoms with E-state index in [1.165, 1.54) is 11.4 Å². The minimum absolute atomic E-state index is 0.0603. The van der Waals surface area contributed by atoms with Gasteiger partial charge in [0, 0.05) is 50.8 Å². The Kier molecular flexibility index (Phi) is 5.94. The second-order valence-electron chi connectivity index (χ2n) is 7.59. The van der Waals surface area contributed by atoms with E-state index in [-0.39, 0.29) is 12.1 Å². The summed E-state index contributed by atoms with van der Waals surface area (Å²) in [6.07, 6.45) is 2.94. The Labute approximate surface area is 172 Å². The average molecular weight is 400 g/mol. The van der Waals surface area contributed by atoms with Crippen LogP contribution in [0.1, 0.15) is 35.6 Å². The molecule has 2 aliphatic heterocycles. The summed E-state index contributed by atoms with van der Waals surface area (Å²) >= 11 is 5.76. The highest BCUT2D eigenvalue weighted by Gasteiger charge is 2.40. The summed E-state index contributed by atoms with van der Waals surface area (Å²) in [7, 11) is 2.13. The molecular weight excluding hydrogens is 370 g/mol. The molecule has 2 fully saturated rings. The van der Waals surface area contributed by atoms with E-state index >= 15 is 0 Å². The van der Waals surface area contributed by atoms with Crippen molar-refractivity contribution in [3.05, 3.63) is 53.6 Å². The highest BCUT2D eigenvalue weighted by atomic mass is 32.1. The lowest BCUT2D eigenvalue weighted by atomic mass is 10.0. The predicted molar refractivity (Wildman–Crippen MR) is 114 cm³/mol. The number of nitrogens with one attached hydrogen (secondary N) is 1. The van der Waals surface area contributed by atoms with Crippen molar-refractivity contribution in [1.29, 1.82) is 0 Å². The van der Waals surface area contributed by atoms with Crippen molar-refractivity contribution in [2.75, 3.05) is 39.4 Å². The van der Waals surface area contributed by atoms with Crippen LogP contribution in [0.3, 0.4) is 0 Å². The number of ether oxygens (including phenoxy) is 1. The SMILES string of the molecule is Cc1ccc([C@@H]2[C@H](c3ccccn3)NC(=S)N2CCCN2CCOCC2)n1C. The first-order valence-electron chi connectivity index (χ1n) is 10.1. The summed E-state index contributed by atoms with van der Waals surface area (Å²) < 4.78 is 7.73. The molecule has 6 nitrogen and oxygen atoms in total. The van der Waals surface area contributed by atoms with Crippen molar-refractivity contribution < 1.29 is 4.74 Å². The molecule has 0 aromatic carbocycles. The maximum absolute atomic E-state index is 5.76. The van der Waals surface area contributed by atoms with E-state index in [1.54, 1.807) is 0 Å². The molecule has 1 N–H and O–H groups in total. The van der Waals surface area contributed by atoms with Gasteiger partial charge in [-0.1, -0.05) is 6.07 Å². The molecule has 4 heterocycles. The molecule has 2 saturated heterocycles. The van der Waals surface area contributed by atoms with Crippen LogP contribution in [0.25, 0.3) is 0 Å². The minimum Gasteiger partial charge on any atom is -0.379 e. The highest BCUT2D eigenvalue weighted by molar-refractivity contribution is 7.80. The fourth-order valence-corrected chi connectivity index (χ4v) is 4.52. The molecule has 0 unspecified atom stereocenters. The van der Waals surface area contributed by atoms with Crippen LogP contribution < -0.4 is 5.32 Å². The third kappa shape index (κ3) is 3.92. The molecule has 4 rings (SSSR count). The number of hydrogen-bond donors (Lipinski definition) is 1. The van der Waals surface area contributed by atoms with E-state index in [0.717, 1.165) is 56.6 Å². The molecule has 2 aromatic heterocycles. The molecule has 2 atom stereocenters. The van der Waals surface area contributed by atoms with E-state index < -0.39 is 0 Å². The van der Waals surface area contributed by atoms with Crippen LogP contribution in [0.15, 0.2) is 36.5 Å². The van der Waals surface area contributed by atoms with Crippen LogP contribution in [0.2, 0.25) is 0 Å². The lowest BCUT2D eigenvalue weighted by Crippen LogP contribution is -2.39. The van der Waals surface area contributed by atoms with Gasteiger partial charge in [-0.3, -0.25) is 9.88 Å². The van der Waals surface area contributed by atoms with Gasteiger partial charge in [-0.25, -0.2) is 0 Å². The standard InChI is InChI=1S/C21H29N5OS/c1-16-7-8-18(24(16)2)20-19(17-6-3-4-9-22-17)23-21(28)26(20)11-5-10-25-12-14-27-15-13-25/h3-4,6-9,19-20H,5,10-15H2,1-2H3,(H,23,28)/t19-,20+/m0/s1. The van der Waals surface area contributed by atoms with Crippen molar-refractivity contribution in [2.45, 2.75) is 25.4 Å². The van der Waals surface area contributed by atoms with Crippen molar-refractivity contribution in [2.24, 2.45) is 7.05 Å². The summed E-state index contributed by atoms with van der Waals surface area (Å²) in [4.78, 5) is 9.45. The fraction of sp³-hybridized carbons (Fsp3) is 0.524. The van der Waals surface area contributed by atoms with E-state index in [1.807, 2.05) is 18.3 Å². The first-order valence-corrected chi connectivity index (χ1v) is 10.5. The number of aryl methyl sites for hydroxylation is 1. The molecule has 0 radical (unpaired) electrons. The summed E-state index contributed by atoms with van der Waals surface area (Å²) in [6.45, 7) is 7.90. The Morgan fingerprint density at radius 3 is 2.68 bits per heavy atom. The predicted octanol–water partition coefficient (Wildman–Crippen LogP) is 2.42. The van der Waals surface area contributed by atoms with Gasteiger partial charge < -0.3 is 19.5 Å². The molecule has 150 valence electrons.